The topological polar surface area (TPSA) is 81.9 Å². The molecule has 1 aromatic carbocycles. The van der Waals surface area contributed by atoms with Crippen LogP contribution in [-0.2, 0) is 10.0 Å². The fourth-order valence-electron chi connectivity index (χ4n) is 2.91. The van der Waals surface area contributed by atoms with Crippen molar-refractivity contribution in [3.05, 3.63) is 16.6 Å². The molecule has 3 rings (SSSR count). The van der Waals surface area contributed by atoms with E-state index in [-0.39, 0.29) is 17.0 Å². The molecular weight excluding hydrogens is 372 g/mol. The lowest BCUT2D eigenvalue weighted by molar-refractivity contribution is 0.170. The molecule has 0 bridgehead atoms. The zero-order valence-electron chi connectivity index (χ0n) is 12.3. The van der Waals surface area contributed by atoms with Gasteiger partial charge in [0.1, 0.15) is 18.1 Å². The normalized spacial score (nSPS) is 26.0. The van der Waals surface area contributed by atoms with Crippen LogP contribution < -0.4 is 15.2 Å². The average Bonchev–Trinajstić information content (AvgIpc) is 2.46. The quantitative estimate of drug-likeness (QED) is 0.830. The van der Waals surface area contributed by atoms with Crippen molar-refractivity contribution in [2.24, 2.45) is 5.73 Å². The van der Waals surface area contributed by atoms with Gasteiger partial charge in [-0.2, -0.15) is 4.31 Å². The minimum absolute atomic E-state index is 0.0603. The first-order valence-corrected chi connectivity index (χ1v) is 9.49. The fourth-order valence-corrected chi connectivity index (χ4v) is 5.57. The Labute approximate surface area is 138 Å². The second-order valence-corrected chi connectivity index (χ2v) is 8.39. The van der Waals surface area contributed by atoms with Crippen LogP contribution >= 0.6 is 15.9 Å². The molecule has 8 heteroatoms. The van der Waals surface area contributed by atoms with Gasteiger partial charge in [-0.3, -0.25) is 0 Å². The van der Waals surface area contributed by atoms with Crippen LogP contribution in [0.5, 0.6) is 11.5 Å². The van der Waals surface area contributed by atoms with Gasteiger partial charge in [0, 0.05) is 29.2 Å². The zero-order valence-corrected chi connectivity index (χ0v) is 14.7. The van der Waals surface area contributed by atoms with Gasteiger partial charge in [0.25, 0.3) is 0 Å². The van der Waals surface area contributed by atoms with E-state index in [1.165, 1.54) is 10.4 Å². The maximum atomic E-state index is 13.0. The summed E-state index contributed by atoms with van der Waals surface area (Å²) in [7, 11) is -3.60. The van der Waals surface area contributed by atoms with Gasteiger partial charge in [-0.15, -0.1) is 0 Å². The lowest BCUT2D eigenvalue weighted by Gasteiger charge is -2.35. The van der Waals surface area contributed by atoms with Crippen LogP contribution in [0, 0.1) is 0 Å². The van der Waals surface area contributed by atoms with Crippen LogP contribution in [0.25, 0.3) is 0 Å². The molecule has 2 aliphatic heterocycles. The van der Waals surface area contributed by atoms with Crippen molar-refractivity contribution in [2.45, 2.75) is 36.7 Å². The Kier molecular flexibility index (Phi) is 4.37. The van der Waals surface area contributed by atoms with Crippen molar-refractivity contribution in [3.63, 3.8) is 0 Å². The van der Waals surface area contributed by atoms with E-state index in [0.29, 0.717) is 48.6 Å². The predicted molar refractivity (Wildman–Crippen MR) is 85.7 cm³/mol. The Bertz CT molecular complexity index is 680. The van der Waals surface area contributed by atoms with E-state index in [1.54, 1.807) is 6.07 Å². The number of piperidine rings is 1. The van der Waals surface area contributed by atoms with E-state index in [2.05, 4.69) is 15.9 Å². The lowest BCUT2D eigenvalue weighted by Crippen LogP contribution is -2.48. The number of sulfonamides is 1. The van der Waals surface area contributed by atoms with Crippen LogP contribution in [0.15, 0.2) is 21.5 Å². The molecule has 0 aromatic heterocycles. The molecule has 2 atom stereocenters. The van der Waals surface area contributed by atoms with E-state index < -0.39 is 10.0 Å². The Morgan fingerprint density at radius 1 is 1.27 bits per heavy atom. The number of hydrogen-bond acceptors (Lipinski definition) is 5. The highest BCUT2D eigenvalue weighted by Gasteiger charge is 2.35. The van der Waals surface area contributed by atoms with Gasteiger partial charge in [0.05, 0.1) is 0 Å². The molecule has 0 unspecified atom stereocenters. The van der Waals surface area contributed by atoms with Crippen LogP contribution in [0.1, 0.15) is 19.8 Å². The Morgan fingerprint density at radius 3 is 2.55 bits per heavy atom. The summed E-state index contributed by atoms with van der Waals surface area (Å²) < 4.78 is 38.9. The van der Waals surface area contributed by atoms with Crippen molar-refractivity contribution in [1.82, 2.24) is 4.31 Å². The zero-order chi connectivity index (χ0) is 15.9. The smallest absolute Gasteiger partial charge is 0.244 e. The SMILES string of the molecule is C[C@@H]1C[C@H](N)CCN1S(=O)(=O)c1cc2c(cc1Br)OCCO2. The molecule has 0 aliphatic carbocycles. The first-order valence-electron chi connectivity index (χ1n) is 7.26. The summed E-state index contributed by atoms with van der Waals surface area (Å²) in [5.41, 5.74) is 5.92. The van der Waals surface area contributed by atoms with Crippen molar-refractivity contribution >= 4 is 26.0 Å². The number of rotatable bonds is 2. The van der Waals surface area contributed by atoms with Crippen LogP contribution in [0.4, 0.5) is 0 Å². The molecule has 22 heavy (non-hydrogen) atoms. The molecule has 0 spiro atoms. The average molecular weight is 391 g/mol. The first kappa shape index (κ1) is 16.0. The molecular formula is C14H19BrN2O4S. The number of ether oxygens (including phenoxy) is 2. The number of nitrogens with zero attached hydrogens (tertiary/aromatic N) is 1. The fraction of sp³-hybridized carbons (Fsp3) is 0.571. The number of fused-ring (bicyclic) bond motifs is 1. The molecule has 2 aliphatic rings. The summed E-state index contributed by atoms with van der Waals surface area (Å²) in [4.78, 5) is 0.207. The Balaban J connectivity index is 1.98. The van der Waals surface area contributed by atoms with Gasteiger partial charge in [-0.1, -0.05) is 0 Å². The van der Waals surface area contributed by atoms with Gasteiger partial charge < -0.3 is 15.2 Å². The van der Waals surface area contributed by atoms with Crippen LogP contribution in [0.3, 0.4) is 0 Å². The molecule has 122 valence electrons. The highest BCUT2D eigenvalue weighted by Crippen LogP contribution is 2.39. The minimum Gasteiger partial charge on any atom is -0.486 e. The van der Waals surface area contributed by atoms with E-state index >= 15 is 0 Å². The molecule has 0 saturated carbocycles. The summed E-state index contributed by atoms with van der Waals surface area (Å²) >= 11 is 3.34. The largest absolute Gasteiger partial charge is 0.486 e. The van der Waals surface area contributed by atoms with E-state index in [1.807, 2.05) is 6.92 Å². The second kappa shape index (κ2) is 5.99. The van der Waals surface area contributed by atoms with Gasteiger partial charge in [-0.25, -0.2) is 8.42 Å². The van der Waals surface area contributed by atoms with Gasteiger partial charge in [0.15, 0.2) is 11.5 Å². The molecule has 1 saturated heterocycles. The lowest BCUT2D eigenvalue weighted by atomic mass is 10.0. The van der Waals surface area contributed by atoms with Gasteiger partial charge in [0.2, 0.25) is 10.0 Å². The Morgan fingerprint density at radius 2 is 1.91 bits per heavy atom. The summed E-state index contributed by atoms with van der Waals surface area (Å²) in [5.74, 6) is 1.03. The maximum absolute atomic E-state index is 13.0. The summed E-state index contributed by atoms with van der Waals surface area (Å²) in [6, 6.07) is 3.13. The maximum Gasteiger partial charge on any atom is 0.244 e. The van der Waals surface area contributed by atoms with Crippen molar-refractivity contribution in [1.29, 1.82) is 0 Å². The standard InChI is InChI=1S/C14H19BrN2O4S/c1-9-6-10(16)2-3-17(9)22(18,19)14-8-13-12(7-11(14)15)20-4-5-21-13/h7-10H,2-6,16H2,1H3/t9-,10-/m1/s1. The number of benzene rings is 1. The molecule has 0 radical (unpaired) electrons. The molecule has 1 aromatic rings. The third-order valence-electron chi connectivity index (χ3n) is 4.04. The summed E-state index contributed by atoms with van der Waals surface area (Å²) in [6.45, 7) is 3.21. The summed E-state index contributed by atoms with van der Waals surface area (Å²) in [5, 5.41) is 0. The van der Waals surface area contributed by atoms with E-state index in [0.717, 1.165) is 0 Å². The summed E-state index contributed by atoms with van der Waals surface area (Å²) in [6.07, 6.45) is 1.34. The van der Waals surface area contributed by atoms with Crippen LogP contribution in [-0.4, -0.2) is 44.6 Å². The number of nitrogens with two attached hydrogens (primary N) is 1. The van der Waals surface area contributed by atoms with Crippen molar-refractivity contribution in [2.75, 3.05) is 19.8 Å². The number of halogens is 1. The highest BCUT2D eigenvalue weighted by atomic mass is 79.9. The third kappa shape index (κ3) is 2.84. The van der Waals surface area contributed by atoms with E-state index in [9.17, 15) is 8.42 Å². The van der Waals surface area contributed by atoms with Gasteiger partial charge in [-0.05, 0) is 41.8 Å². The highest BCUT2D eigenvalue weighted by molar-refractivity contribution is 9.10. The molecule has 1 fully saturated rings. The van der Waals surface area contributed by atoms with Gasteiger partial charge >= 0.3 is 0 Å². The van der Waals surface area contributed by atoms with Crippen LogP contribution in [0.2, 0.25) is 0 Å². The van der Waals surface area contributed by atoms with Crippen molar-refractivity contribution in [3.8, 4) is 11.5 Å². The minimum atomic E-state index is -3.60. The molecule has 2 heterocycles. The monoisotopic (exact) mass is 390 g/mol. The third-order valence-corrected chi connectivity index (χ3v) is 7.01. The first-order chi connectivity index (χ1) is 10.4. The number of hydrogen-bond donors (Lipinski definition) is 1. The molecule has 0 amide bonds. The Hall–Kier alpha value is -0.830. The molecule has 2 N–H and O–H groups in total. The second-order valence-electron chi connectivity index (χ2n) is 5.68. The van der Waals surface area contributed by atoms with Crippen molar-refractivity contribution < 1.29 is 17.9 Å². The van der Waals surface area contributed by atoms with E-state index in [4.69, 9.17) is 15.2 Å². The molecule has 6 nitrogen and oxygen atoms in total. The predicted octanol–water partition coefficient (Wildman–Crippen LogP) is 1.72.